The Labute approximate surface area is 159 Å². The van der Waals surface area contributed by atoms with E-state index in [1.54, 1.807) is 18.0 Å². The molecule has 0 unspecified atom stereocenters. The molecule has 1 N–H and O–H groups in total. The van der Waals surface area contributed by atoms with Crippen molar-refractivity contribution in [2.75, 3.05) is 5.32 Å². The molecule has 0 spiro atoms. The van der Waals surface area contributed by atoms with Gasteiger partial charge in [0.2, 0.25) is 0 Å². The van der Waals surface area contributed by atoms with Gasteiger partial charge >= 0.3 is 0 Å². The van der Waals surface area contributed by atoms with Crippen molar-refractivity contribution in [3.05, 3.63) is 87.8 Å². The highest BCUT2D eigenvalue weighted by Crippen LogP contribution is 2.24. The molecule has 0 saturated heterocycles. The first-order chi connectivity index (χ1) is 11.7. The molecule has 24 heavy (non-hydrogen) atoms. The van der Waals surface area contributed by atoms with Crippen LogP contribution in [0.5, 0.6) is 0 Å². The number of hydrogen-bond acceptors (Lipinski definition) is 3. The lowest BCUT2D eigenvalue weighted by molar-refractivity contribution is 0.102. The van der Waals surface area contributed by atoms with Gasteiger partial charge in [-0.3, -0.25) is 9.78 Å². The Balaban J connectivity index is 1.59. The molecular weight excluding hydrogens is 431 g/mol. The molecule has 2 aromatic carbocycles. The second-order valence-electron chi connectivity index (χ2n) is 5.14. The molecule has 120 valence electrons. The molecule has 0 aliphatic carbocycles. The number of anilines is 1. The zero-order chi connectivity index (χ0) is 16.8. The van der Waals surface area contributed by atoms with E-state index in [2.05, 4.69) is 39.0 Å². The van der Waals surface area contributed by atoms with E-state index in [0.717, 1.165) is 19.9 Å². The van der Waals surface area contributed by atoms with Gasteiger partial charge in [-0.1, -0.05) is 12.1 Å². The number of pyridine rings is 1. The van der Waals surface area contributed by atoms with E-state index >= 15 is 0 Å². The Morgan fingerprint density at radius 1 is 1.08 bits per heavy atom. The van der Waals surface area contributed by atoms with E-state index in [-0.39, 0.29) is 5.91 Å². The predicted molar refractivity (Wildman–Crippen MR) is 107 cm³/mol. The lowest BCUT2D eigenvalue weighted by Crippen LogP contribution is -2.11. The summed E-state index contributed by atoms with van der Waals surface area (Å²) in [5.41, 5.74) is 2.65. The number of nitrogens with zero attached hydrogens (tertiary/aromatic N) is 1. The van der Waals surface area contributed by atoms with Gasteiger partial charge in [0.25, 0.3) is 5.91 Å². The fourth-order valence-electron chi connectivity index (χ4n) is 2.12. The fraction of sp³-hybridized carbons (Fsp3) is 0.0526. The van der Waals surface area contributed by atoms with Gasteiger partial charge in [0.05, 0.1) is 0 Å². The minimum absolute atomic E-state index is 0.0933. The average molecular weight is 446 g/mol. The lowest BCUT2D eigenvalue weighted by Gasteiger charge is -2.07. The third-order valence-electron chi connectivity index (χ3n) is 3.33. The molecule has 0 radical (unpaired) electrons. The maximum Gasteiger partial charge on any atom is 0.255 e. The van der Waals surface area contributed by atoms with Crippen LogP contribution in [0.25, 0.3) is 0 Å². The van der Waals surface area contributed by atoms with Crippen LogP contribution in [0.15, 0.2) is 78.0 Å². The Morgan fingerprint density at radius 3 is 2.62 bits per heavy atom. The highest BCUT2D eigenvalue weighted by molar-refractivity contribution is 14.1. The molecule has 5 heteroatoms. The first-order valence-electron chi connectivity index (χ1n) is 7.39. The third kappa shape index (κ3) is 4.82. The first kappa shape index (κ1) is 17.0. The molecule has 0 aliphatic heterocycles. The molecular formula is C19H15IN2OS. The van der Waals surface area contributed by atoms with Gasteiger partial charge in [-0.05, 0) is 76.7 Å². The van der Waals surface area contributed by atoms with Gasteiger partial charge in [-0.25, -0.2) is 0 Å². The van der Waals surface area contributed by atoms with Crippen LogP contribution in [0.3, 0.4) is 0 Å². The van der Waals surface area contributed by atoms with Crippen LogP contribution in [0.2, 0.25) is 0 Å². The third-order valence-corrected chi connectivity index (χ3v) is 5.08. The maximum atomic E-state index is 12.2. The van der Waals surface area contributed by atoms with E-state index in [4.69, 9.17) is 0 Å². The summed E-state index contributed by atoms with van der Waals surface area (Å²) in [5, 5.41) is 2.92. The van der Waals surface area contributed by atoms with Crippen LogP contribution in [-0.4, -0.2) is 10.9 Å². The van der Waals surface area contributed by atoms with Crippen molar-refractivity contribution in [1.82, 2.24) is 4.98 Å². The second kappa shape index (κ2) is 8.30. The smallest absolute Gasteiger partial charge is 0.255 e. The Bertz CT molecular complexity index is 822. The quantitative estimate of drug-likeness (QED) is 0.431. The number of hydrogen-bond donors (Lipinski definition) is 1. The summed E-state index contributed by atoms with van der Waals surface area (Å²) in [6.45, 7) is 0. The number of carbonyl (C=O) groups is 1. The summed E-state index contributed by atoms with van der Waals surface area (Å²) in [6, 6.07) is 19.4. The van der Waals surface area contributed by atoms with Crippen molar-refractivity contribution in [2.45, 2.75) is 10.6 Å². The molecule has 0 fully saturated rings. The van der Waals surface area contributed by atoms with Crippen LogP contribution >= 0.6 is 34.4 Å². The van der Waals surface area contributed by atoms with E-state index < -0.39 is 0 Å². The van der Waals surface area contributed by atoms with Crippen LogP contribution in [0.1, 0.15) is 15.9 Å². The monoisotopic (exact) mass is 446 g/mol. The molecule has 1 heterocycles. The number of aromatic nitrogens is 1. The summed E-state index contributed by atoms with van der Waals surface area (Å²) in [4.78, 5) is 17.5. The highest BCUT2D eigenvalue weighted by Gasteiger charge is 2.06. The Kier molecular flexibility index (Phi) is 5.87. The van der Waals surface area contributed by atoms with Gasteiger partial charge in [0, 0.05) is 37.9 Å². The molecule has 0 aliphatic rings. The molecule has 0 saturated carbocycles. The number of benzene rings is 2. The summed E-state index contributed by atoms with van der Waals surface area (Å²) in [6.07, 6.45) is 3.65. The molecule has 0 atom stereocenters. The minimum atomic E-state index is -0.0933. The molecule has 3 nitrogen and oxygen atoms in total. The zero-order valence-corrected chi connectivity index (χ0v) is 15.8. The molecule has 0 bridgehead atoms. The molecule has 1 amide bonds. The van der Waals surface area contributed by atoms with Crippen molar-refractivity contribution >= 4 is 45.9 Å². The number of thioether (sulfide) groups is 1. The van der Waals surface area contributed by atoms with Crippen molar-refractivity contribution in [3.8, 4) is 0 Å². The number of halogens is 1. The number of amides is 1. The van der Waals surface area contributed by atoms with E-state index in [9.17, 15) is 4.79 Å². The van der Waals surface area contributed by atoms with Crippen LogP contribution in [0, 0.1) is 3.57 Å². The molecule has 3 rings (SSSR count). The van der Waals surface area contributed by atoms with Crippen molar-refractivity contribution in [1.29, 1.82) is 0 Å². The zero-order valence-electron chi connectivity index (χ0n) is 12.8. The normalized spacial score (nSPS) is 10.4. The van der Waals surface area contributed by atoms with Gasteiger partial charge in [0.15, 0.2) is 0 Å². The van der Waals surface area contributed by atoms with E-state index in [1.807, 2.05) is 60.8 Å². The maximum absolute atomic E-state index is 12.2. The van der Waals surface area contributed by atoms with Crippen LogP contribution in [0.4, 0.5) is 5.69 Å². The van der Waals surface area contributed by atoms with Gasteiger partial charge in [-0.2, -0.15) is 0 Å². The predicted octanol–water partition coefficient (Wildman–Crippen LogP) is 5.23. The van der Waals surface area contributed by atoms with Crippen molar-refractivity contribution in [2.24, 2.45) is 0 Å². The van der Waals surface area contributed by atoms with E-state index in [0.29, 0.717) is 5.56 Å². The van der Waals surface area contributed by atoms with Gasteiger partial charge in [-0.15, -0.1) is 11.8 Å². The Morgan fingerprint density at radius 2 is 1.92 bits per heavy atom. The number of carbonyl (C=O) groups excluding carboxylic acids is 1. The summed E-state index contributed by atoms with van der Waals surface area (Å²) >= 11 is 3.95. The summed E-state index contributed by atoms with van der Waals surface area (Å²) in [7, 11) is 0. The topological polar surface area (TPSA) is 42.0 Å². The van der Waals surface area contributed by atoms with Gasteiger partial charge < -0.3 is 5.32 Å². The fourth-order valence-corrected chi connectivity index (χ4v) is 3.49. The summed E-state index contributed by atoms with van der Waals surface area (Å²) < 4.78 is 1.04. The number of rotatable bonds is 5. The van der Waals surface area contributed by atoms with Crippen molar-refractivity contribution < 1.29 is 4.79 Å². The lowest BCUT2D eigenvalue weighted by atomic mass is 10.2. The minimum Gasteiger partial charge on any atom is -0.322 e. The largest absolute Gasteiger partial charge is 0.322 e. The Hall–Kier alpha value is -1.86. The SMILES string of the molecule is O=C(Nc1ccc(SCc2cccnc2)cc1)c1cccc(I)c1. The van der Waals surface area contributed by atoms with Crippen LogP contribution in [-0.2, 0) is 5.75 Å². The highest BCUT2D eigenvalue weighted by atomic mass is 127. The summed E-state index contributed by atoms with van der Waals surface area (Å²) in [5.74, 6) is 0.784. The van der Waals surface area contributed by atoms with Crippen molar-refractivity contribution in [3.63, 3.8) is 0 Å². The molecule has 3 aromatic rings. The second-order valence-corrected chi connectivity index (χ2v) is 7.43. The number of nitrogens with one attached hydrogen (secondary N) is 1. The van der Waals surface area contributed by atoms with Gasteiger partial charge in [0.1, 0.15) is 0 Å². The standard InChI is InChI=1S/C19H15IN2OS/c20-16-5-1-4-15(11-16)19(23)22-17-6-8-18(9-7-17)24-13-14-3-2-10-21-12-14/h1-12H,13H2,(H,22,23). The van der Waals surface area contributed by atoms with Crippen LogP contribution < -0.4 is 5.32 Å². The van der Waals surface area contributed by atoms with E-state index in [1.165, 1.54) is 5.56 Å². The first-order valence-corrected chi connectivity index (χ1v) is 9.46. The average Bonchev–Trinajstić information content (AvgIpc) is 2.62. The molecule has 1 aromatic heterocycles.